The molecule has 2 aromatic carbocycles. The summed E-state index contributed by atoms with van der Waals surface area (Å²) in [6.07, 6.45) is 0. The van der Waals surface area contributed by atoms with Crippen molar-refractivity contribution in [2.45, 2.75) is 0 Å². The van der Waals surface area contributed by atoms with Crippen LogP contribution in [0.2, 0.25) is 0 Å². The van der Waals surface area contributed by atoms with Gasteiger partial charge < -0.3 is 14.2 Å². The van der Waals surface area contributed by atoms with Crippen LogP contribution in [0, 0.1) is 0 Å². The second kappa shape index (κ2) is 7.88. The third kappa shape index (κ3) is 3.62. The zero-order valence-electron chi connectivity index (χ0n) is 14.6. The molecule has 3 rings (SSSR count). The minimum absolute atomic E-state index is 0.309. The first-order valence-corrected chi connectivity index (χ1v) is 8.66. The lowest BCUT2D eigenvalue weighted by Crippen LogP contribution is -2.13. The highest BCUT2D eigenvalue weighted by Crippen LogP contribution is 2.32. The van der Waals surface area contributed by atoms with E-state index in [-0.39, 0.29) is 5.91 Å². The summed E-state index contributed by atoms with van der Waals surface area (Å²) in [6.45, 7) is 0. The molecule has 0 radical (unpaired) electrons. The van der Waals surface area contributed by atoms with E-state index in [1.165, 1.54) is 25.6 Å². The van der Waals surface area contributed by atoms with Gasteiger partial charge in [0.2, 0.25) is 0 Å². The molecular formula is C19H18N2O4S. The van der Waals surface area contributed by atoms with Gasteiger partial charge in [-0.1, -0.05) is 6.07 Å². The molecule has 0 spiro atoms. The van der Waals surface area contributed by atoms with Crippen molar-refractivity contribution in [2.24, 2.45) is 0 Å². The lowest BCUT2D eigenvalue weighted by Gasteiger charge is -2.11. The number of nitrogens with zero attached hydrogens (tertiary/aromatic N) is 1. The number of thiazole rings is 1. The second-order valence-electron chi connectivity index (χ2n) is 5.26. The van der Waals surface area contributed by atoms with E-state index < -0.39 is 0 Å². The summed E-state index contributed by atoms with van der Waals surface area (Å²) in [5.74, 6) is 1.36. The predicted octanol–water partition coefficient (Wildman–Crippen LogP) is 4.09. The fraction of sp³-hybridized carbons (Fsp3) is 0.158. The Morgan fingerprint density at radius 2 is 1.77 bits per heavy atom. The number of amides is 1. The number of methoxy groups -OCH3 is 3. The smallest absolute Gasteiger partial charge is 0.261 e. The number of hydrogen-bond acceptors (Lipinski definition) is 6. The first-order valence-electron chi connectivity index (χ1n) is 7.78. The predicted molar refractivity (Wildman–Crippen MR) is 102 cm³/mol. The van der Waals surface area contributed by atoms with Gasteiger partial charge in [-0.25, -0.2) is 4.98 Å². The van der Waals surface area contributed by atoms with Crippen molar-refractivity contribution in [1.29, 1.82) is 0 Å². The molecule has 0 bridgehead atoms. The molecule has 1 aromatic heterocycles. The summed E-state index contributed by atoms with van der Waals surface area (Å²) in [7, 11) is 4.65. The number of para-hydroxylation sites is 1. The lowest BCUT2D eigenvalue weighted by molar-refractivity contribution is 0.102. The monoisotopic (exact) mass is 370 g/mol. The van der Waals surface area contributed by atoms with Crippen molar-refractivity contribution in [2.75, 3.05) is 26.6 Å². The normalized spacial score (nSPS) is 10.3. The number of aromatic nitrogens is 1. The Bertz CT molecular complexity index is 906. The van der Waals surface area contributed by atoms with Gasteiger partial charge in [-0.15, -0.1) is 11.3 Å². The molecule has 0 aliphatic rings. The highest BCUT2D eigenvalue weighted by molar-refractivity contribution is 7.14. The van der Waals surface area contributed by atoms with Gasteiger partial charge in [0.15, 0.2) is 16.6 Å². The van der Waals surface area contributed by atoms with Crippen LogP contribution >= 0.6 is 11.3 Å². The molecule has 7 heteroatoms. The van der Waals surface area contributed by atoms with Crippen molar-refractivity contribution < 1.29 is 19.0 Å². The standard InChI is InChI=1S/C19H18N2O4S/c1-23-13-9-7-12(8-10-13)15-11-26-19(20-15)21-18(22)14-5-4-6-16(24-2)17(14)25-3/h4-11H,1-3H3,(H,20,21,22). The zero-order chi connectivity index (χ0) is 18.5. The topological polar surface area (TPSA) is 69.7 Å². The summed E-state index contributed by atoms with van der Waals surface area (Å²) >= 11 is 1.35. The summed E-state index contributed by atoms with van der Waals surface area (Å²) in [4.78, 5) is 17.1. The van der Waals surface area contributed by atoms with E-state index in [1.807, 2.05) is 29.6 Å². The van der Waals surface area contributed by atoms with Gasteiger partial charge in [0.05, 0.1) is 32.6 Å². The van der Waals surface area contributed by atoms with E-state index in [0.717, 1.165) is 17.0 Å². The van der Waals surface area contributed by atoms with E-state index in [0.29, 0.717) is 22.2 Å². The van der Waals surface area contributed by atoms with Crippen molar-refractivity contribution in [3.8, 4) is 28.5 Å². The summed E-state index contributed by atoms with van der Waals surface area (Å²) < 4.78 is 15.7. The molecule has 0 fully saturated rings. The largest absolute Gasteiger partial charge is 0.497 e. The van der Waals surface area contributed by atoms with Crippen molar-refractivity contribution >= 4 is 22.4 Å². The number of nitrogens with one attached hydrogen (secondary N) is 1. The van der Waals surface area contributed by atoms with E-state index in [9.17, 15) is 4.79 Å². The average Bonchev–Trinajstić information content (AvgIpc) is 3.15. The quantitative estimate of drug-likeness (QED) is 0.708. The Kier molecular flexibility index (Phi) is 5.38. The van der Waals surface area contributed by atoms with Crippen LogP contribution in [0.3, 0.4) is 0 Å². The van der Waals surface area contributed by atoms with Gasteiger partial charge in [-0.3, -0.25) is 10.1 Å². The molecule has 6 nitrogen and oxygen atoms in total. The van der Waals surface area contributed by atoms with Gasteiger partial charge in [-0.05, 0) is 36.4 Å². The van der Waals surface area contributed by atoms with Crippen LogP contribution in [-0.2, 0) is 0 Å². The van der Waals surface area contributed by atoms with Crippen molar-refractivity contribution in [3.63, 3.8) is 0 Å². The molecular weight excluding hydrogens is 352 g/mol. The van der Waals surface area contributed by atoms with Crippen LogP contribution < -0.4 is 19.5 Å². The maximum atomic E-state index is 12.6. The van der Waals surface area contributed by atoms with Crippen LogP contribution in [0.5, 0.6) is 17.2 Å². The highest BCUT2D eigenvalue weighted by Gasteiger charge is 2.17. The minimum Gasteiger partial charge on any atom is -0.497 e. The number of carbonyl (C=O) groups is 1. The molecule has 3 aromatic rings. The third-order valence-corrected chi connectivity index (χ3v) is 4.52. The first kappa shape index (κ1) is 17.8. The van der Waals surface area contributed by atoms with E-state index in [1.54, 1.807) is 25.3 Å². The molecule has 26 heavy (non-hydrogen) atoms. The summed E-state index contributed by atoms with van der Waals surface area (Å²) in [6, 6.07) is 12.7. The third-order valence-electron chi connectivity index (χ3n) is 3.76. The van der Waals surface area contributed by atoms with Crippen molar-refractivity contribution in [1.82, 2.24) is 4.98 Å². The van der Waals surface area contributed by atoms with Crippen LogP contribution in [0.4, 0.5) is 5.13 Å². The maximum Gasteiger partial charge on any atom is 0.261 e. The number of anilines is 1. The number of carbonyl (C=O) groups excluding carboxylic acids is 1. The molecule has 0 saturated heterocycles. The average molecular weight is 370 g/mol. The Morgan fingerprint density at radius 3 is 2.42 bits per heavy atom. The van der Waals surface area contributed by atoms with Crippen LogP contribution in [-0.4, -0.2) is 32.2 Å². The van der Waals surface area contributed by atoms with E-state index >= 15 is 0 Å². The van der Waals surface area contributed by atoms with Crippen LogP contribution in [0.15, 0.2) is 47.8 Å². The van der Waals surface area contributed by atoms with Crippen molar-refractivity contribution in [3.05, 3.63) is 53.4 Å². The Morgan fingerprint density at radius 1 is 1.00 bits per heavy atom. The van der Waals surface area contributed by atoms with Crippen LogP contribution in [0.1, 0.15) is 10.4 Å². The van der Waals surface area contributed by atoms with Gasteiger partial charge in [0.1, 0.15) is 5.75 Å². The van der Waals surface area contributed by atoms with E-state index in [4.69, 9.17) is 14.2 Å². The van der Waals surface area contributed by atoms with Gasteiger partial charge >= 0.3 is 0 Å². The van der Waals surface area contributed by atoms with Crippen LogP contribution in [0.25, 0.3) is 11.3 Å². The SMILES string of the molecule is COc1ccc(-c2csc(NC(=O)c3cccc(OC)c3OC)n2)cc1. The van der Waals surface area contributed by atoms with E-state index in [2.05, 4.69) is 10.3 Å². The maximum absolute atomic E-state index is 12.6. The second-order valence-corrected chi connectivity index (χ2v) is 6.12. The van der Waals surface area contributed by atoms with Gasteiger partial charge in [-0.2, -0.15) is 0 Å². The fourth-order valence-electron chi connectivity index (χ4n) is 2.46. The molecule has 1 N–H and O–H groups in total. The number of ether oxygens (including phenoxy) is 3. The van der Waals surface area contributed by atoms with Gasteiger partial charge in [0.25, 0.3) is 5.91 Å². The molecule has 1 heterocycles. The number of benzene rings is 2. The van der Waals surface area contributed by atoms with Gasteiger partial charge in [0, 0.05) is 10.9 Å². The molecule has 1 amide bonds. The Hall–Kier alpha value is -3.06. The summed E-state index contributed by atoms with van der Waals surface area (Å²) in [5.41, 5.74) is 2.11. The highest BCUT2D eigenvalue weighted by atomic mass is 32.1. The number of rotatable bonds is 6. The molecule has 0 aliphatic heterocycles. The lowest BCUT2D eigenvalue weighted by atomic mass is 10.1. The minimum atomic E-state index is -0.309. The molecule has 0 unspecified atom stereocenters. The first-order chi connectivity index (χ1) is 12.7. The zero-order valence-corrected chi connectivity index (χ0v) is 15.4. The Labute approximate surface area is 155 Å². The fourth-order valence-corrected chi connectivity index (χ4v) is 3.17. The molecule has 0 saturated carbocycles. The number of hydrogen-bond donors (Lipinski definition) is 1. The molecule has 0 atom stereocenters. The Balaban J connectivity index is 1.80. The molecule has 0 aliphatic carbocycles. The molecule has 134 valence electrons. The summed E-state index contributed by atoms with van der Waals surface area (Å²) in [5, 5.41) is 5.20.